The number of unbranched alkanes of at least 4 members (excludes halogenated alkanes) is 4. The van der Waals surface area contributed by atoms with Gasteiger partial charge in [-0.3, -0.25) is 0 Å². The van der Waals surface area contributed by atoms with Gasteiger partial charge in [0.25, 0.3) is 8.53 Å². The van der Waals surface area contributed by atoms with E-state index in [4.69, 9.17) is 14.3 Å². The average molecular weight is 354 g/mol. The molecule has 4 nitrogen and oxygen atoms in total. The van der Waals surface area contributed by atoms with Crippen molar-refractivity contribution in [2.75, 3.05) is 13.2 Å². The summed E-state index contributed by atoms with van der Waals surface area (Å²) in [4.78, 5) is 0. The first-order valence-corrected chi connectivity index (χ1v) is 10.2. The normalized spacial score (nSPS) is 13.1. The molecule has 0 saturated heterocycles. The topological polar surface area (TPSA) is 45.5 Å². The standard InChI is InChI=1S/C19H35N2O2P/c1-6-7-8-9-10-11-12-13-16-22-24(23-17-14-15-20)21(18(2)3)19(4)5/h6-8,18-19H,1,9-14,16-17H2,2-5H3/b8-7+. The van der Waals surface area contributed by atoms with Crippen LogP contribution < -0.4 is 0 Å². The Bertz CT molecular complexity index is 370. The highest BCUT2D eigenvalue weighted by molar-refractivity contribution is 7.44. The molecule has 0 aromatic carbocycles. The fraction of sp³-hybridized carbons (Fsp3) is 0.737. The van der Waals surface area contributed by atoms with Crippen LogP contribution in [0.3, 0.4) is 0 Å². The van der Waals surface area contributed by atoms with Gasteiger partial charge in [0.05, 0.1) is 25.7 Å². The third kappa shape index (κ3) is 11.8. The Kier molecular flexibility index (Phi) is 15.3. The van der Waals surface area contributed by atoms with Gasteiger partial charge in [0, 0.05) is 12.1 Å². The zero-order valence-electron chi connectivity index (χ0n) is 15.9. The lowest BCUT2D eigenvalue weighted by molar-refractivity contribution is 0.174. The van der Waals surface area contributed by atoms with Crippen LogP contribution in [-0.2, 0) is 9.05 Å². The minimum absolute atomic E-state index is 0.356. The first-order valence-electron chi connectivity index (χ1n) is 9.03. The Morgan fingerprint density at radius 2 is 1.67 bits per heavy atom. The molecule has 0 spiro atoms. The van der Waals surface area contributed by atoms with E-state index in [0.717, 1.165) is 19.4 Å². The van der Waals surface area contributed by atoms with Crippen LogP contribution in [-0.4, -0.2) is 30.0 Å². The van der Waals surface area contributed by atoms with Gasteiger partial charge >= 0.3 is 0 Å². The smallest absolute Gasteiger partial charge is 0.259 e. The molecule has 0 amide bonds. The van der Waals surface area contributed by atoms with Crippen molar-refractivity contribution in [1.82, 2.24) is 4.67 Å². The Morgan fingerprint density at radius 3 is 2.25 bits per heavy atom. The molecule has 0 aliphatic carbocycles. The van der Waals surface area contributed by atoms with Crippen molar-refractivity contribution in [3.63, 3.8) is 0 Å². The fourth-order valence-corrected chi connectivity index (χ4v) is 3.99. The third-order valence-corrected chi connectivity index (χ3v) is 5.51. The first kappa shape index (κ1) is 23.3. The molecule has 0 radical (unpaired) electrons. The second-order valence-electron chi connectivity index (χ2n) is 6.25. The molecule has 0 rings (SSSR count). The molecule has 0 heterocycles. The number of rotatable bonds is 15. The first-order chi connectivity index (χ1) is 11.5. The molecular formula is C19H35N2O2P. The molecule has 0 aromatic rings. The van der Waals surface area contributed by atoms with Gasteiger partial charge < -0.3 is 9.05 Å². The molecule has 138 valence electrons. The maximum Gasteiger partial charge on any atom is 0.259 e. The van der Waals surface area contributed by atoms with Crippen LogP contribution in [0.25, 0.3) is 0 Å². The maximum atomic E-state index is 8.70. The Labute approximate surface area is 150 Å². The van der Waals surface area contributed by atoms with Crippen LogP contribution >= 0.6 is 8.53 Å². The van der Waals surface area contributed by atoms with Crippen LogP contribution in [0.2, 0.25) is 0 Å². The molecule has 0 aliphatic heterocycles. The molecule has 1 unspecified atom stereocenters. The summed E-state index contributed by atoms with van der Waals surface area (Å²) in [5.41, 5.74) is 0. The van der Waals surface area contributed by atoms with Crippen LogP contribution in [0, 0.1) is 11.3 Å². The summed E-state index contributed by atoms with van der Waals surface area (Å²) >= 11 is 0. The third-order valence-electron chi connectivity index (χ3n) is 3.40. The van der Waals surface area contributed by atoms with Crippen molar-refractivity contribution in [3.05, 3.63) is 24.8 Å². The molecular weight excluding hydrogens is 319 g/mol. The van der Waals surface area contributed by atoms with Gasteiger partial charge in [-0.15, -0.1) is 0 Å². The minimum atomic E-state index is -1.09. The van der Waals surface area contributed by atoms with Crippen LogP contribution in [0.1, 0.15) is 66.2 Å². The Balaban J connectivity index is 4.14. The zero-order valence-corrected chi connectivity index (χ0v) is 16.8. The largest absolute Gasteiger partial charge is 0.322 e. The van der Waals surface area contributed by atoms with E-state index in [9.17, 15) is 0 Å². The predicted octanol–water partition coefficient (Wildman–Crippen LogP) is 5.97. The highest BCUT2D eigenvalue weighted by Crippen LogP contribution is 2.46. The molecule has 1 atom stereocenters. The van der Waals surface area contributed by atoms with Crippen LogP contribution in [0.15, 0.2) is 24.8 Å². The van der Waals surface area contributed by atoms with E-state index in [1.165, 1.54) is 19.3 Å². The minimum Gasteiger partial charge on any atom is -0.322 e. The molecule has 0 fully saturated rings. The van der Waals surface area contributed by atoms with E-state index in [1.54, 1.807) is 0 Å². The van der Waals surface area contributed by atoms with Gasteiger partial charge in [-0.05, 0) is 47.0 Å². The van der Waals surface area contributed by atoms with E-state index in [2.05, 4.69) is 51.1 Å². The van der Waals surface area contributed by atoms with Crippen molar-refractivity contribution in [1.29, 1.82) is 5.26 Å². The van der Waals surface area contributed by atoms with Crippen molar-refractivity contribution < 1.29 is 9.05 Å². The summed E-state index contributed by atoms with van der Waals surface area (Å²) < 4.78 is 14.2. The van der Waals surface area contributed by atoms with Gasteiger partial charge in [-0.2, -0.15) is 5.26 Å². The lowest BCUT2D eigenvalue weighted by atomic mass is 10.1. The van der Waals surface area contributed by atoms with Gasteiger partial charge in [0.15, 0.2) is 0 Å². The van der Waals surface area contributed by atoms with Gasteiger partial charge in [0.2, 0.25) is 0 Å². The van der Waals surface area contributed by atoms with Crippen LogP contribution in [0.5, 0.6) is 0 Å². The number of nitrogens with zero attached hydrogens (tertiary/aromatic N) is 2. The molecule has 24 heavy (non-hydrogen) atoms. The number of nitriles is 1. The molecule has 0 N–H and O–H groups in total. The van der Waals surface area contributed by atoms with Crippen molar-refractivity contribution >= 4 is 8.53 Å². The van der Waals surface area contributed by atoms with Crippen molar-refractivity contribution in [2.45, 2.75) is 78.3 Å². The molecule has 0 aliphatic rings. The number of hydrogen-bond donors (Lipinski definition) is 0. The highest BCUT2D eigenvalue weighted by atomic mass is 31.2. The SMILES string of the molecule is C=C/C=C/CCCCCCOP(OCCC#N)N(C(C)C)C(C)C. The lowest BCUT2D eigenvalue weighted by Crippen LogP contribution is -2.33. The summed E-state index contributed by atoms with van der Waals surface area (Å²) in [7, 11) is -1.09. The fourth-order valence-electron chi connectivity index (χ4n) is 2.37. The zero-order chi connectivity index (χ0) is 18.2. The average Bonchev–Trinajstić information content (AvgIpc) is 2.52. The van der Waals surface area contributed by atoms with E-state index in [-0.39, 0.29) is 0 Å². The van der Waals surface area contributed by atoms with E-state index >= 15 is 0 Å². The summed E-state index contributed by atoms with van der Waals surface area (Å²) in [5, 5.41) is 8.70. The van der Waals surface area contributed by atoms with Crippen LogP contribution in [0.4, 0.5) is 0 Å². The monoisotopic (exact) mass is 354 g/mol. The van der Waals surface area contributed by atoms with E-state index in [1.807, 2.05) is 12.2 Å². The number of hydrogen-bond acceptors (Lipinski definition) is 4. The van der Waals surface area contributed by atoms with Crippen molar-refractivity contribution in [2.24, 2.45) is 0 Å². The Hall–Kier alpha value is -0.720. The maximum absolute atomic E-state index is 8.70. The Morgan fingerprint density at radius 1 is 1.04 bits per heavy atom. The second kappa shape index (κ2) is 15.8. The molecule has 0 bridgehead atoms. The highest BCUT2D eigenvalue weighted by Gasteiger charge is 2.26. The van der Waals surface area contributed by atoms with Gasteiger partial charge in [-0.25, -0.2) is 4.67 Å². The molecule has 5 heteroatoms. The molecule has 0 aromatic heterocycles. The van der Waals surface area contributed by atoms with E-state index < -0.39 is 8.53 Å². The second-order valence-corrected chi connectivity index (χ2v) is 7.70. The summed E-state index contributed by atoms with van der Waals surface area (Å²) in [6.07, 6.45) is 12.2. The van der Waals surface area contributed by atoms with E-state index in [0.29, 0.717) is 25.1 Å². The van der Waals surface area contributed by atoms with Crippen molar-refractivity contribution in [3.8, 4) is 6.07 Å². The summed E-state index contributed by atoms with van der Waals surface area (Å²) in [6.45, 7) is 13.4. The summed E-state index contributed by atoms with van der Waals surface area (Å²) in [5.74, 6) is 0. The predicted molar refractivity (Wildman–Crippen MR) is 104 cm³/mol. The summed E-state index contributed by atoms with van der Waals surface area (Å²) in [6, 6.07) is 2.84. The van der Waals surface area contributed by atoms with Gasteiger partial charge in [-0.1, -0.05) is 37.6 Å². The molecule has 0 saturated carbocycles. The lowest BCUT2D eigenvalue weighted by Gasteiger charge is -2.35. The quantitative estimate of drug-likeness (QED) is 0.206. The number of allylic oxidation sites excluding steroid dienone is 3. The van der Waals surface area contributed by atoms with Gasteiger partial charge in [0.1, 0.15) is 0 Å².